The van der Waals surface area contributed by atoms with Gasteiger partial charge in [-0.15, -0.1) is 11.3 Å². The number of nitrogens with one attached hydrogen (secondary N) is 1. The van der Waals surface area contributed by atoms with Gasteiger partial charge in [-0.2, -0.15) is 0 Å². The van der Waals surface area contributed by atoms with E-state index in [1.807, 2.05) is 11.6 Å². The molecule has 5 heteroatoms. The molecule has 0 saturated heterocycles. The number of benzene rings is 1. The molecule has 0 bridgehead atoms. The van der Waals surface area contributed by atoms with Gasteiger partial charge in [0.2, 0.25) is 0 Å². The Morgan fingerprint density at radius 1 is 1.26 bits per heavy atom. The highest BCUT2D eigenvalue weighted by Gasteiger charge is 2.14. The number of halogens is 2. The average Bonchev–Trinajstić information content (AvgIpc) is 2.86. The molecular weight excluding hydrogens is 388 g/mol. The van der Waals surface area contributed by atoms with Crippen LogP contribution in [0.25, 0.3) is 0 Å². The Labute approximate surface area is 134 Å². The van der Waals surface area contributed by atoms with Crippen LogP contribution in [0.2, 0.25) is 0 Å². The minimum Gasteiger partial charge on any atom is -0.310 e. The number of hydrogen-bond donors (Lipinski definition) is 1. The summed E-state index contributed by atoms with van der Waals surface area (Å²) in [5.41, 5.74) is 1.28. The van der Waals surface area contributed by atoms with Crippen LogP contribution >= 0.6 is 43.2 Å². The lowest BCUT2D eigenvalue weighted by atomic mass is 10.0. The number of hydrogen-bond acceptors (Lipinski definition) is 3. The van der Waals surface area contributed by atoms with Crippen molar-refractivity contribution in [2.75, 3.05) is 6.54 Å². The zero-order valence-corrected chi connectivity index (χ0v) is 14.7. The average molecular weight is 404 g/mol. The van der Waals surface area contributed by atoms with E-state index in [0.717, 1.165) is 28.3 Å². The second-order valence-corrected chi connectivity index (χ2v) is 7.15. The zero-order chi connectivity index (χ0) is 13.7. The quantitative estimate of drug-likeness (QED) is 0.737. The van der Waals surface area contributed by atoms with Gasteiger partial charge in [0, 0.05) is 33.0 Å². The molecule has 1 heterocycles. The van der Waals surface area contributed by atoms with E-state index in [2.05, 4.69) is 67.3 Å². The molecule has 0 amide bonds. The van der Waals surface area contributed by atoms with Crippen LogP contribution in [0.3, 0.4) is 0 Å². The largest absolute Gasteiger partial charge is 0.310 e. The molecule has 19 heavy (non-hydrogen) atoms. The van der Waals surface area contributed by atoms with Crippen molar-refractivity contribution in [3.05, 3.63) is 49.3 Å². The highest BCUT2D eigenvalue weighted by atomic mass is 79.9. The molecular formula is C14H16Br2N2S. The molecule has 2 rings (SSSR count). The maximum atomic E-state index is 4.39. The van der Waals surface area contributed by atoms with Gasteiger partial charge in [0.05, 0.1) is 5.01 Å². The maximum absolute atomic E-state index is 4.39. The highest BCUT2D eigenvalue weighted by molar-refractivity contribution is 9.11. The zero-order valence-electron chi connectivity index (χ0n) is 10.7. The molecule has 102 valence electrons. The fourth-order valence-corrected chi connectivity index (χ4v) is 3.92. The summed E-state index contributed by atoms with van der Waals surface area (Å²) in [7, 11) is 0. The Hall–Kier alpha value is -0.230. The minimum absolute atomic E-state index is 0.305. The van der Waals surface area contributed by atoms with Gasteiger partial charge >= 0.3 is 0 Å². The first-order chi connectivity index (χ1) is 9.19. The Morgan fingerprint density at radius 2 is 2.00 bits per heavy atom. The fourth-order valence-electron chi connectivity index (χ4n) is 1.93. The van der Waals surface area contributed by atoms with Gasteiger partial charge in [0.25, 0.3) is 0 Å². The van der Waals surface area contributed by atoms with E-state index < -0.39 is 0 Å². The van der Waals surface area contributed by atoms with Gasteiger partial charge in [0.1, 0.15) is 0 Å². The molecule has 2 aromatic rings. The molecule has 0 aliphatic rings. The molecule has 0 fully saturated rings. The third-order valence-corrected chi connectivity index (χ3v) is 4.51. The molecule has 1 unspecified atom stereocenters. The lowest BCUT2D eigenvalue weighted by molar-refractivity contribution is 0.528. The van der Waals surface area contributed by atoms with E-state index in [0.29, 0.717) is 6.04 Å². The summed E-state index contributed by atoms with van der Waals surface area (Å²) >= 11 is 8.83. The topological polar surface area (TPSA) is 24.9 Å². The predicted octanol–water partition coefficient (Wildman–Crippen LogP) is 4.95. The van der Waals surface area contributed by atoms with Gasteiger partial charge in [-0.25, -0.2) is 4.98 Å². The SMILES string of the molecule is CCCNC(Cc1nccs1)c1cc(Br)cc(Br)c1. The Morgan fingerprint density at radius 3 is 2.58 bits per heavy atom. The van der Waals surface area contributed by atoms with Gasteiger partial charge in [-0.3, -0.25) is 0 Å². The van der Waals surface area contributed by atoms with Crippen molar-refractivity contribution in [2.45, 2.75) is 25.8 Å². The lowest BCUT2D eigenvalue weighted by Gasteiger charge is -2.18. The smallest absolute Gasteiger partial charge is 0.0943 e. The maximum Gasteiger partial charge on any atom is 0.0943 e. The second-order valence-electron chi connectivity index (χ2n) is 4.34. The van der Waals surface area contributed by atoms with E-state index in [1.54, 1.807) is 11.3 Å². The molecule has 2 nitrogen and oxygen atoms in total. The van der Waals surface area contributed by atoms with Crippen molar-refractivity contribution in [3.63, 3.8) is 0 Å². The summed E-state index contributed by atoms with van der Waals surface area (Å²) in [5, 5.41) is 6.81. The van der Waals surface area contributed by atoms with Crippen molar-refractivity contribution in [1.82, 2.24) is 10.3 Å². The van der Waals surface area contributed by atoms with Crippen LogP contribution in [0.5, 0.6) is 0 Å². The summed E-state index contributed by atoms with van der Waals surface area (Å²) in [6.45, 7) is 3.20. The van der Waals surface area contributed by atoms with E-state index in [9.17, 15) is 0 Å². The first kappa shape index (κ1) is 15.2. The van der Waals surface area contributed by atoms with Crippen molar-refractivity contribution in [3.8, 4) is 0 Å². The van der Waals surface area contributed by atoms with Crippen LogP contribution in [0, 0.1) is 0 Å². The van der Waals surface area contributed by atoms with E-state index in [4.69, 9.17) is 0 Å². The van der Waals surface area contributed by atoms with Crippen molar-refractivity contribution < 1.29 is 0 Å². The standard InChI is InChI=1S/C14H16Br2N2S/c1-2-3-17-13(9-14-18-4-5-19-14)10-6-11(15)8-12(16)7-10/h4-8,13,17H,2-3,9H2,1H3. The number of thiazole rings is 1. The van der Waals surface area contributed by atoms with Gasteiger partial charge < -0.3 is 5.32 Å². The summed E-state index contributed by atoms with van der Waals surface area (Å²) in [5.74, 6) is 0. The van der Waals surface area contributed by atoms with Crippen LogP contribution in [-0.4, -0.2) is 11.5 Å². The first-order valence-corrected chi connectivity index (χ1v) is 8.73. The first-order valence-electron chi connectivity index (χ1n) is 6.26. The van der Waals surface area contributed by atoms with Gasteiger partial charge in [0.15, 0.2) is 0 Å². The minimum atomic E-state index is 0.305. The van der Waals surface area contributed by atoms with Gasteiger partial charge in [-0.05, 0) is 36.7 Å². The molecule has 1 atom stereocenters. The number of nitrogens with zero attached hydrogens (tertiary/aromatic N) is 1. The summed E-state index contributed by atoms with van der Waals surface area (Å²) in [4.78, 5) is 4.39. The van der Waals surface area contributed by atoms with Crippen LogP contribution < -0.4 is 5.32 Å². The normalized spacial score (nSPS) is 12.6. The molecule has 1 aromatic heterocycles. The molecule has 0 saturated carbocycles. The van der Waals surface area contributed by atoms with Crippen LogP contribution in [0.4, 0.5) is 0 Å². The lowest BCUT2D eigenvalue weighted by Crippen LogP contribution is -2.24. The molecule has 0 spiro atoms. The second kappa shape index (κ2) is 7.53. The molecule has 0 radical (unpaired) electrons. The monoisotopic (exact) mass is 402 g/mol. The van der Waals surface area contributed by atoms with Crippen LogP contribution in [0.15, 0.2) is 38.7 Å². The molecule has 1 aromatic carbocycles. The van der Waals surface area contributed by atoms with Crippen LogP contribution in [0.1, 0.15) is 30.0 Å². The van der Waals surface area contributed by atoms with Crippen molar-refractivity contribution >= 4 is 43.2 Å². The van der Waals surface area contributed by atoms with Crippen molar-refractivity contribution in [1.29, 1.82) is 0 Å². The van der Waals surface area contributed by atoms with E-state index in [1.165, 1.54) is 10.6 Å². The third-order valence-electron chi connectivity index (χ3n) is 2.79. The summed E-state index contributed by atoms with van der Waals surface area (Å²) in [6, 6.07) is 6.71. The molecule has 0 aliphatic carbocycles. The van der Waals surface area contributed by atoms with E-state index in [-0.39, 0.29) is 0 Å². The third kappa shape index (κ3) is 4.67. The molecule has 0 aliphatic heterocycles. The summed E-state index contributed by atoms with van der Waals surface area (Å²) in [6.07, 6.45) is 3.93. The van der Waals surface area contributed by atoms with Gasteiger partial charge in [-0.1, -0.05) is 38.8 Å². The summed E-state index contributed by atoms with van der Waals surface area (Å²) < 4.78 is 2.19. The highest BCUT2D eigenvalue weighted by Crippen LogP contribution is 2.26. The van der Waals surface area contributed by atoms with Crippen molar-refractivity contribution in [2.24, 2.45) is 0 Å². The predicted molar refractivity (Wildman–Crippen MR) is 88.7 cm³/mol. The van der Waals surface area contributed by atoms with Crippen LogP contribution in [-0.2, 0) is 6.42 Å². The Bertz CT molecular complexity index is 494. The van der Waals surface area contributed by atoms with E-state index >= 15 is 0 Å². The molecule has 1 N–H and O–H groups in total. The number of rotatable bonds is 6. The Kier molecular flexibility index (Phi) is 6.01. The fraction of sp³-hybridized carbons (Fsp3) is 0.357. The number of aromatic nitrogens is 1. The Balaban J connectivity index is 2.20.